The molecule has 0 unspecified atom stereocenters. The number of ether oxygens (including phenoxy) is 1. The van der Waals surface area contributed by atoms with Crippen molar-refractivity contribution < 1.29 is 27.1 Å². The zero-order valence-corrected chi connectivity index (χ0v) is 21.4. The van der Waals surface area contributed by atoms with E-state index in [1.165, 1.54) is 0 Å². The Morgan fingerprint density at radius 2 is 2.05 bits per heavy atom. The van der Waals surface area contributed by atoms with Crippen molar-refractivity contribution in [3.8, 4) is 11.6 Å². The van der Waals surface area contributed by atoms with Crippen LogP contribution in [0.15, 0.2) is 69.7 Å². The van der Waals surface area contributed by atoms with E-state index in [0.29, 0.717) is 30.0 Å². The molecule has 3 heterocycles. The van der Waals surface area contributed by atoms with Crippen molar-refractivity contribution in [2.24, 2.45) is 10.9 Å². The first-order valence-corrected chi connectivity index (χ1v) is 12.8. The number of alkyl halides is 3. The maximum absolute atomic E-state index is 13.4. The molecule has 6 rings (SSSR count). The lowest BCUT2D eigenvalue weighted by Crippen LogP contribution is -2.32. The number of para-hydroxylation sites is 1. The molecule has 0 spiro atoms. The molecule has 206 valence electrons. The molecule has 1 saturated carbocycles. The van der Waals surface area contributed by atoms with Crippen LogP contribution in [0.4, 0.5) is 24.9 Å². The molecule has 2 N–H and O–H groups in total. The number of amides is 1. The molecule has 1 fully saturated rings. The zero-order valence-electron chi connectivity index (χ0n) is 21.4. The number of carbonyl (C=O) groups is 1. The normalized spacial score (nSPS) is 22.1. The van der Waals surface area contributed by atoms with Gasteiger partial charge >= 0.3 is 12.2 Å². The highest BCUT2D eigenvalue weighted by Gasteiger charge is 2.42. The van der Waals surface area contributed by atoms with Crippen LogP contribution in [0.2, 0.25) is 0 Å². The van der Waals surface area contributed by atoms with Crippen molar-refractivity contribution in [2.75, 3.05) is 24.4 Å². The number of anilines is 2. The molecule has 3 aromatic rings. The van der Waals surface area contributed by atoms with Crippen LogP contribution in [0.25, 0.3) is 11.6 Å². The van der Waals surface area contributed by atoms with Gasteiger partial charge in [0.15, 0.2) is 0 Å². The summed E-state index contributed by atoms with van der Waals surface area (Å²) < 4.78 is 51.3. The van der Waals surface area contributed by atoms with Gasteiger partial charge in [-0.1, -0.05) is 41.5 Å². The van der Waals surface area contributed by atoms with Gasteiger partial charge in [0.1, 0.15) is 5.69 Å². The number of nitrogens with one attached hydrogen (secondary N) is 2. The molecule has 1 aliphatic heterocycles. The van der Waals surface area contributed by atoms with E-state index in [1.807, 2.05) is 24.3 Å². The lowest BCUT2D eigenvalue weighted by molar-refractivity contribution is -0.137. The van der Waals surface area contributed by atoms with Gasteiger partial charge in [-0.3, -0.25) is 9.78 Å². The van der Waals surface area contributed by atoms with Gasteiger partial charge in [0.25, 0.3) is 11.8 Å². The third-order valence-corrected chi connectivity index (χ3v) is 7.05. The topological polar surface area (TPSA) is 115 Å². The van der Waals surface area contributed by atoms with Crippen LogP contribution in [0, 0.1) is 5.92 Å². The molecule has 1 amide bonds. The van der Waals surface area contributed by atoms with Gasteiger partial charge in [-0.25, -0.2) is 4.99 Å². The fourth-order valence-corrected chi connectivity index (χ4v) is 4.99. The van der Waals surface area contributed by atoms with Crippen LogP contribution in [-0.4, -0.2) is 46.7 Å². The van der Waals surface area contributed by atoms with E-state index in [4.69, 9.17) is 14.1 Å². The highest BCUT2D eigenvalue weighted by Crippen LogP contribution is 2.50. The van der Waals surface area contributed by atoms with Gasteiger partial charge in [-0.2, -0.15) is 13.2 Å². The van der Waals surface area contributed by atoms with E-state index in [1.54, 1.807) is 13.2 Å². The van der Waals surface area contributed by atoms with E-state index in [9.17, 15) is 18.0 Å². The van der Waals surface area contributed by atoms with E-state index in [0.717, 1.165) is 36.2 Å². The SMILES string of the molecule is COC[C@@H]1C[C@H]1c1cc(C(F)(F)F)cnc1-c1nnc(N[C@H]2N=C(C3=CCCC=C3)c3ccccc3NC2=O)o1. The highest BCUT2D eigenvalue weighted by molar-refractivity contribution is 6.20. The smallest absolute Gasteiger partial charge is 0.402 e. The van der Waals surface area contributed by atoms with Gasteiger partial charge in [0.2, 0.25) is 6.17 Å². The number of benzodiazepines with no additional fused rings is 1. The number of pyridine rings is 1. The van der Waals surface area contributed by atoms with Crippen molar-refractivity contribution in [3.63, 3.8) is 0 Å². The number of carbonyl (C=O) groups excluding carboxylic acids is 1. The van der Waals surface area contributed by atoms with Crippen molar-refractivity contribution >= 4 is 23.3 Å². The molecule has 9 nitrogen and oxygen atoms in total. The second kappa shape index (κ2) is 10.3. The molecule has 0 radical (unpaired) electrons. The Morgan fingerprint density at radius 1 is 1.20 bits per heavy atom. The number of aromatic nitrogens is 3. The van der Waals surface area contributed by atoms with E-state index >= 15 is 0 Å². The monoisotopic (exact) mass is 550 g/mol. The third kappa shape index (κ3) is 5.14. The van der Waals surface area contributed by atoms with Gasteiger partial charge in [-0.05, 0) is 54.4 Å². The number of benzene rings is 1. The number of aliphatic imine (C=N–C) groups is 1. The minimum Gasteiger partial charge on any atom is -0.402 e. The number of nitrogens with zero attached hydrogens (tertiary/aromatic N) is 4. The van der Waals surface area contributed by atoms with Gasteiger partial charge < -0.3 is 19.8 Å². The molecule has 3 aliphatic rings. The quantitative estimate of drug-likeness (QED) is 0.407. The van der Waals surface area contributed by atoms with Gasteiger partial charge in [-0.15, -0.1) is 5.10 Å². The fraction of sp³-hybridized carbons (Fsp3) is 0.321. The standard InChI is InChI=1S/C28H25F3N6O3/c1-39-14-16-11-19(16)20-12-17(28(29,30)31)13-32-23(20)26-36-37-27(40-26)35-24-25(38)33-21-10-6-5-9-18(21)22(34-24)15-7-3-2-4-8-15/h3,5-10,12-13,16,19,24H,2,4,11,14H2,1H3,(H,33,38)(H,35,37)/t16-,19+,24+/m0/s1. The first-order valence-electron chi connectivity index (χ1n) is 12.8. The summed E-state index contributed by atoms with van der Waals surface area (Å²) in [6, 6.07) is 8.35. The lowest BCUT2D eigenvalue weighted by Gasteiger charge is -2.13. The molecule has 2 aliphatic carbocycles. The Balaban J connectivity index is 1.31. The molecular weight excluding hydrogens is 525 g/mol. The Morgan fingerprint density at radius 3 is 2.83 bits per heavy atom. The summed E-state index contributed by atoms with van der Waals surface area (Å²) in [6.07, 6.45) is 3.64. The second-order valence-corrected chi connectivity index (χ2v) is 9.83. The molecule has 40 heavy (non-hydrogen) atoms. The van der Waals surface area contributed by atoms with Gasteiger partial charge in [0, 0.05) is 25.5 Å². The van der Waals surface area contributed by atoms with Crippen LogP contribution in [0.5, 0.6) is 0 Å². The van der Waals surface area contributed by atoms with Crippen LogP contribution in [0.1, 0.15) is 41.9 Å². The van der Waals surface area contributed by atoms with Crippen molar-refractivity contribution in [1.82, 2.24) is 15.2 Å². The van der Waals surface area contributed by atoms with Crippen molar-refractivity contribution in [1.29, 1.82) is 0 Å². The minimum absolute atomic E-state index is 0.0614. The molecule has 2 aromatic heterocycles. The van der Waals surface area contributed by atoms with Crippen LogP contribution >= 0.6 is 0 Å². The molecule has 1 aromatic carbocycles. The maximum Gasteiger partial charge on any atom is 0.417 e. The predicted molar refractivity (Wildman–Crippen MR) is 141 cm³/mol. The summed E-state index contributed by atoms with van der Waals surface area (Å²) >= 11 is 0. The molecule has 12 heteroatoms. The number of methoxy groups -OCH3 is 1. The Kier molecular flexibility index (Phi) is 6.70. The van der Waals surface area contributed by atoms with Crippen molar-refractivity contribution in [2.45, 2.75) is 37.5 Å². The number of hydrogen-bond donors (Lipinski definition) is 2. The molecular formula is C28H25F3N6O3. The Labute approximate surface area is 227 Å². The van der Waals surface area contributed by atoms with Gasteiger partial charge in [0.05, 0.1) is 17.0 Å². The first kappa shape index (κ1) is 25.9. The van der Waals surface area contributed by atoms with E-state index < -0.39 is 23.8 Å². The minimum atomic E-state index is -4.55. The Bertz CT molecular complexity index is 1540. The van der Waals surface area contributed by atoms with E-state index in [-0.39, 0.29) is 29.4 Å². The van der Waals surface area contributed by atoms with Crippen LogP contribution in [0.3, 0.4) is 0 Å². The number of fused-ring (bicyclic) bond motifs is 1. The fourth-order valence-electron chi connectivity index (χ4n) is 4.99. The maximum atomic E-state index is 13.4. The number of allylic oxidation sites excluding steroid dienone is 4. The summed E-state index contributed by atoms with van der Waals surface area (Å²) in [5.41, 5.74) is 2.60. The summed E-state index contributed by atoms with van der Waals surface area (Å²) in [7, 11) is 1.55. The summed E-state index contributed by atoms with van der Waals surface area (Å²) in [4.78, 5) is 21.9. The largest absolute Gasteiger partial charge is 0.417 e. The lowest BCUT2D eigenvalue weighted by atomic mass is 9.96. The number of rotatable bonds is 7. The average molecular weight is 551 g/mol. The highest BCUT2D eigenvalue weighted by atomic mass is 19.4. The van der Waals surface area contributed by atoms with Crippen LogP contribution < -0.4 is 10.6 Å². The summed E-state index contributed by atoms with van der Waals surface area (Å²) in [5, 5.41) is 13.8. The zero-order chi connectivity index (χ0) is 27.9. The second-order valence-electron chi connectivity index (χ2n) is 9.83. The summed E-state index contributed by atoms with van der Waals surface area (Å²) in [6.45, 7) is 0.419. The summed E-state index contributed by atoms with van der Waals surface area (Å²) in [5.74, 6) is -0.602. The number of hydrogen-bond acceptors (Lipinski definition) is 8. The Hall–Kier alpha value is -4.32. The van der Waals surface area contributed by atoms with Crippen molar-refractivity contribution in [3.05, 3.63) is 77.0 Å². The number of halogens is 3. The predicted octanol–water partition coefficient (Wildman–Crippen LogP) is 5.36. The molecule has 3 atom stereocenters. The third-order valence-electron chi connectivity index (χ3n) is 7.05. The van der Waals surface area contributed by atoms with E-state index in [2.05, 4.69) is 38.0 Å². The molecule has 0 saturated heterocycles. The van der Waals surface area contributed by atoms with Crippen LogP contribution in [-0.2, 0) is 15.7 Å². The first-order chi connectivity index (χ1) is 19.3. The average Bonchev–Trinajstić information content (AvgIpc) is 3.59. The molecule has 0 bridgehead atoms.